The van der Waals surface area contributed by atoms with E-state index in [9.17, 15) is 24.3 Å². The van der Waals surface area contributed by atoms with Gasteiger partial charge in [-0.15, -0.1) is 0 Å². The Morgan fingerprint density at radius 3 is 2.59 bits per heavy atom. The van der Waals surface area contributed by atoms with E-state index in [1.807, 2.05) is 0 Å². The predicted molar refractivity (Wildman–Crippen MR) is 119 cm³/mol. The Bertz CT molecular complexity index is 1150. The number of carbonyl (C=O) groups is 4. The average Bonchev–Trinajstić information content (AvgIpc) is 3.02. The number of phenolic OH excluding ortho intramolecular Hbond substituents is 1. The van der Waals surface area contributed by atoms with E-state index in [0.29, 0.717) is 17.3 Å². The number of halogens is 1. The molecule has 2 N–H and O–H groups in total. The van der Waals surface area contributed by atoms with E-state index in [4.69, 9.17) is 16.3 Å². The maximum atomic E-state index is 12.6. The number of thioether (sulfide) groups is 1. The van der Waals surface area contributed by atoms with Gasteiger partial charge in [0, 0.05) is 5.69 Å². The number of hydrogen-bond acceptors (Lipinski definition) is 8. The van der Waals surface area contributed by atoms with Crippen molar-refractivity contribution in [3.8, 4) is 11.5 Å². The van der Waals surface area contributed by atoms with Crippen LogP contribution < -0.4 is 10.1 Å². The fourth-order valence-electron chi connectivity index (χ4n) is 2.80. The minimum Gasteiger partial charge on any atom is -0.504 e. The van der Waals surface area contributed by atoms with Crippen LogP contribution in [0.5, 0.6) is 11.5 Å². The number of carbonyl (C=O) groups excluding carboxylic acids is 4. The Morgan fingerprint density at radius 1 is 1.19 bits per heavy atom. The van der Waals surface area contributed by atoms with E-state index in [-0.39, 0.29) is 32.7 Å². The van der Waals surface area contributed by atoms with Crippen LogP contribution in [0.2, 0.25) is 5.02 Å². The zero-order valence-electron chi connectivity index (χ0n) is 16.9. The normalized spacial score (nSPS) is 14.6. The first kappa shape index (κ1) is 23.2. The first-order valence-electron chi connectivity index (χ1n) is 9.03. The maximum absolute atomic E-state index is 12.6. The number of methoxy groups -OCH3 is 2. The second-order valence-corrected chi connectivity index (χ2v) is 7.83. The van der Waals surface area contributed by atoms with E-state index in [1.54, 1.807) is 6.07 Å². The third-order valence-electron chi connectivity index (χ3n) is 4.33. The summed E-state index contributed by atoms with van der Waals surface area (Å²) >= 11 is 6.63. The maximum Gasteiger partial charge on any atom is 0.339 e. The summed E-state index contributed by atoms with van der Waals surface area (Å²) in [7, 11) is 2.61. The molecule has 0 saturated carbocycles. The van der Waals surface area contributed by atoms with Crippen molar-refractivity contribution >= 4 is 58.1 Å². The highest BCUT2D eigenvalue weighted by atomic mass is 35.5. The van der Waals surface area contributed by atoms with Gasteiger partial charge in [-0.3, -0.25) is 19.3 Å². The summed E-state index contributed by atoms with van der Waals surface area (Å²) in [5, 5.41) is 11.9. The van der Waals surface area contributed by atoms with Gasteiger partial charge in [-0.2, -0.15) is 0 Å². The summed E-state index contributed by atoms with van der Waals surface area (Å²) in [5.41, 5.74) is 0.787. The van der Waals surface area contributed by atoms with Crippen molar-refractivity contribution in [3.05, 3.63) is 57.5 Å². The van der Waals surface area contributed by atoms with Gasteiger partial charge in [-0.1, -0.05) is 17.7 Å². The fourth-order valence-corrected chi connectivity index (χ4v) is 3.83. The number of amides is 3. The van der Waals surface area contributed by atoms with Crippen molar-refractivity contribution in [2.24, 2.45) is 0 Å². The highest BCUT2D eigenvalue weighted by molar-refractivity contribution is 8.18. The van der Waals surface area contributed by atoms with Gasteiger partial charge in [0.15, 0.2) is 11.5 Å². The van der Waals surface area contributed by atoms with Gasteiger partial charge >= 0.3 is 5.97 Å². The number of rotatable bonds is 6. The molecule has 1 saturated heterocycles. The molecule has 2 aromatic rings. The molecule has 166 valence electrons. The molecular weight excluding hydrogens is 460 g/mol. The van der Waals surface area contributed by atoms with Crippen LogP contribution in [-0.4, -0.2) is 53.8 Å². The number of hydrogen-bond donors (Lipinski definition) is 2. The molecule has 1 heterocycles. The van der Waals surface area contributed by atoms with Gasteiger partial charge < -0.3 is 19.9 Å². The largest absolute Gasteiger partial charge is 0.504 e. The molecule has 0 aliphatic carbocycles. The van der Waals surface area contributed by atoms with Crippen molar-refractivity contribution in [1.29, 1.82) is 0 Å². The van der Waals surface area contributed by atoms with Gasteiger partial charge in [0.1, 0.15) is 6.54 Å². The Labute approximate surface area is 191 Å². The van der Waals surface area contributed by atoms with Gasteiger partial charge in [-0.05, 0) is 53.7 Å². The van der Waals surface area contributed by atoms with Gasteiger partial charge in [0.25, 0.3) is 11.1 Å². The van der Waals surface area contributed by atoms with E-state index >= 15 is 0 Å². The molecule has 0 unspecified atom stereocenters. The lowest BCUT2D eigenvalue weighted by molar-refractivity contribution is -0.127. The number of nitrogens with one attached hydrogen (secondary N) is 1. The lowest BCUT2D eigenvalue weighted by Crippen LogP contribution is -2.36. The predicted octanol–water partition coefficient (Wildman–Crippen LogP) is 3.52. The number of esters is 1. The van der Waals surface area contributed by atoms with Crippen molar-refractivity contribution in [2.75, 3.05) is 26.1 Å². The Kier molecular flexibility index (Phi) is 7.06. The van der Waals surface area contributed by atoms with Crippen LogP contribution in [0.3, 0.4) is 0 Å². The number of anilines is 1. The molecule has 0 radical (unpaired) electrons. The lowest BCUT2D eigenvalue weighted by Gasteiger charge is -2.13. The highest BCUT2D eigenvalue weighted by Gasteiger charge is 2.36. The smallest absolute Gasteiger partial charge is 0.339 e. The molecule has 3 amide bonds. The third kappa shape index (κ3) is 5.04. The van der Waals surface area contributed by atoms with Crippen molar-refractivity contribution < 1.29 is 33.8 Å². The van der Waals surface area contributed by atoms with E-state index in [2.05, 4.69) is 10.1 Å². The van der Waals surface area contributed by atoms with Crippen LogP contribution >= 0.6 is 23.4 Å². The van der Waals surface area contributed by atoms with Crippen LogP contribution in [0.1, 0.15) is 15.9 Å². The molecule has 0 atom stereocenters. The van der Waals surface area contributed by atoms with Crippen molar-refractivity contribution in [3.63, 3.8) is 0 Å². The summed E-state index contributed by atoms with van der Waals surface area (Å²) in [6, 6.07) is 8.73. The topological polar surface area (TPSA) is 122 Å². The summed E-state index contributed by atoms with van der Waals surface area (Å²) in [5.74, 6) is -1.81. The van der Waals surface area contributed by atoms with Crippen molar-refractivity contribution in [1.82, 2.24) is 4.90 Å². The number of aromatic hydroxyl groups is 1. The Morgan fingerprint density at radius 2 is 1.94 bits per heavy atom. The van der Waals surface area contributed by atoms with E-state index < -0.39 is 29.6 Å². The zero-order chi connectivity index (χ0) is 23.4. The molecule has 3 rings (SSSR count). The summed E-state index contributed by atoms with van der Waals surface area (Å²) in [6.07, 6.45) is 1.43. The van der Waals surface area contributed by atoms with E-state index in [0.717, 1.165) is 4.90 Å². The first-order chi connectivity index (χ1) is 15.2. The first-order valence-corrected chi connectivity index (χ1v) is 10.2. The summed E-state index contributed by atoms with van der Waals surface area (Å²) in [6.45, 7) is -0.522. The summed E-state index contributed by atoms with van der Waals surface area (Å²) in [4.78, 5) is 49.9. The SMILES string of the molecule is COC(=O)c1cc(NC(=O)CN2C(=O)S/C(=C/c3ccc(OC)c(O)c3)C2=O)ccc1Cl. The minimum atomic E-state index is -0.674. The number of nitrogens with zero attached hydrogens (tertiary/aromatic N) is 1. The summed E-state index contributed by atoms with van der Waals surface area (Å²) < 4.78 is 9.60. The second kappa shape index (κ2) is 9.75. The van der Waals surface area contributed by atoms with Gasteiger partial charge in [-0.25, -0.2) is 4.79 Å². The molecule has 0 bridgehead atoms. The monoisotopic (exact) mass is 476 g/mol. The molecule has 1 aliphatic rings. The van der Waals surface area contributed by atoms with E-state index in [1.165, 1.54) is 50.6 Å². The molecule has 32 heavy (non-hydrogen) atoms. The van der Waals surface area contributed by atoms with Gasteiger partial charge in [0.05, 0.1) is 29.7 Å². The molecule has 1 aliphatic heterocycles. The van der Waals surface area contributed by atoms with Crippen LogP contribution in [0.25, 0.3) is 6.08 Å². The molecule has 2 aromatic carbocycles. The Balaban J connectivity index is 1.71. The quantitative estimate of drug-likeness (QED) is 0.479. The van der Waals surface area contributed by atoms with Crippen LogP contribution in [0, 0.1) is 0 Å². The number of imide groups is 1. The molecule has 11 heteroatoms. The van der Waals surface area contributed by atoms with Crippen LogP contribution in [0.15, 0.2) is 41.3 Å². The number of benzene rings is 2. The van der Waals surface area contributed by atoms with Crippen LogP contribution in [-0.2, 0) is 14.3 Å². The van der Waals surface area contributed by atoms with Crippen molar-refractivity contribution in [2.45, 2.75) is 0 Å². The standard InChI is InChI=1S/C21H17ClN2O7S/c1-30-16-6-3-11(7-15(16)25)8-17-19(27)24(21(29)32-17)10-18(26)23-12-4-5-14(22)13(9-12)20(28)31-2/h3-9,25H,10H2,1-2H3,(H,23,26)/b17-8+. The minimum absolute atomic E-state index is 0.0591. The third-order valence-corrected chi connectivity index (χ3v) is 5.57. The number of ether oxygens (including phenoxy) is 2. The second-order valence-electron chi connectivity index (χ2n) is 6.43. The molecule has 1 fully saturated rings. The highest BCUT2D eigenvalue weighted by Crippen LogP contribution is 2.34. The zero-order valence-corrected chi connectivity index (χ0v) is 18.5. The molecule has 0 spiro atoms. The Hall–Kier alpha value is -3.50. The molecular formula is C21H17ClN2O7S. The lowest BCUT2D eigenvalue weighted by atomic mass is 10.2. The average molecular weight is 477 g/mol. The fraction of sp³-hybridized carbons (Fsp3) is 0.143. The van der Waals surface area contributed by atoms with Crippen LogP contribution in [0.4, 0.5) is 10.5 Å². The molecule has 0 aromatic heterocycles. The number of phenols is 1. The molecule has 9 nitrogen and oxygen atoms in total. The van der Waals surface area contributed by atoms with Gasteiger partial charge in [0.2, 0.25) is 5.91 Å².